The normalized spacial score (nSPS) is 16.8. The van der Waals surface area contributed by atoms with Gasteiger partial charge in [-0.15, -0.1) is 0 Å². The van der Waals surface area contributed by atoms with Crippen LogP contribution in [0.15, 0.2) is 30.5 Å². The van der Waals surface area contributed by atoms with Crippen LogP contribution in [0.2, 0.25) is 0 Å². The van der Waals surface area contributed by atoms with E-state index < -0.39 is 0 Å². The van der Waals surface area contributed by atoms with Gasteiger partial charge in [0.15, 0.2) is 5.65 Å². The zero-order valence-corrected chi connectivity index (χ0v) is 18.6. The van der Waals surface area contributed by atoms with Crippen molar-refractivity contribution in [2.24, 2.45) is 7.05 Å². The van der Waals surface area contributed by atoms with Gasteiger partial charge in [-0.1, -0.05) is 12.1 Å². The highest BCUT2D eigenvalue weighted by Crippen LogP contribution is 2.26. The molecule has 0 radical (unpaired) electrons. The van der Waals surface area contributed by atoms with Gasteiger partial charge in [0.2, 0.25) is 5.82 Å². The number of nitrogens with one attached hydrogen (secondary N) is 1. The molecule has 9 heteroatoms. The molecule has 0 saturated carbocycles. The second-order valence-corrected chi connectivity index (χ2v) is 9.28. The van der Waals surface area contributed by atoms with E-state index >= 15 is 0 Å². The fraction of sp³-hybridized carbons (Fsp3) is 0.455. The fourth-order valence-corrected chi connectivity index (χ4v) is 5.09. The van der Waals surface area contributed by atoms with E-state index in [1.807, 2.05) is 25.0 Å². The highest BCUT2D eigenvalue weighted by Gasteiger charge is 2.21. The second kappa shape index (κ2) is 8.74. The minimum absolute atomic E-state index is 0.174. The maximum atomic E-state index is 12.9. The number of aromatic nitrogens is 4. The molecule has 8 nitrogen and oxygen atoms in total. The average Bonchev–Trinajstić information content (AvgIpc) is 3.47. The molecule has 0 bridgehead atoms. The molecule has 5 rings (SSSR count). The van der Waals surface area contributed by atoms with Crippen molar-refractivity contribution in [2.75, 3.05) is 47.5 Å². The predicted octanol–water partition coefficient (Wildman–Crippen LogP) is 2.45. The Kier molecular flexibility index (Phi) is 5.67. The van der Waals surface area contributed by atoms with Crippen molar-refractivity contribution in [3.05, 3.63) is 41.9 Å². The molecule has 0 aliphatic carbocycles. The Balaban J connectivity index is 1.32. The van der Waals surface area contributed by atoms with Crippen molar-refractivity contribution in [3.8, 4) is 0 Å². The molecular formula is C22H27N7OS. The summed E-state index contributed by atoms with van der Waals surface area (Å²) in [7, 11) is 1.86. The lowest BCUT2D eigenvalue weighted by Crippen LogP contribution is -2.34. The Morgan fingerprint density at radius 1 is 1.03 bits per heavy atom. The summed E-state index contributed by atoms with van der Waals surface area (Å²) in [5.41, 5.74) is 2.87. The molecule has 4 heterocycles. The van der Waals surface area contributed by atoms with Gasteiger partial charge in [0, 0.05) is 63.2 Å². The quantitative estimate of drug-likeness (QED) is 0.657. The van der Waals surface area contributed by atoms with Crippen molar-refractivity contribution in [2.45, 2.75) is 19.4 Å². The zero-order valence-electron chi connectivity index (χ0n) is 17.8. The summed E-state index contributed by atoms with van der Waals surface area (Å²) in [4.78, 5) is 26.6. The first-order chi connectivity index (χ1) is 15.2. The molecule has 2 aliphatic rings. The summed E-state index contributed by atoms with van der Waals surface area (Å²) in [6.45, 7) is 4.52. The molecule has 162 valence electrons. The number of anilines is 2. The summed E-state index contributed by atoms with van der Waals surface area (Å²) >= 11 is 1.94. The Morgan fingerprint density at radius 3 is 2.52 bits per heavy atom. The van der Waals surface area contributed by atoms with Crippen LogP contribution in [0.3, 0.4) is 0 Å². The van der Waals surface area contributed by atoms with Crippen molar-refractivity contribution in [1.82, 2.24) is 25.1 Å². The van der Waals surface area contributed by atoms with E-state index in [0.29, 0.717) is 12.2 Å². The zero-order chi connectivity index (χ0) is 21.2. The summed E-state index contributed by atoms with van der Waals surface area (Å²) in [6, 6.07) is 8.42. The first kappa shape index (κ1) is 20.1. The molecule has 31 heavy (non-hydrogen) atoms. The Hall–Kier alpha value is -2.81. The Labute approximate surface area is 186 Å². The van der Waals surface area contributed by atoms with Crippen LogP contribution in [-0.2, 0) is 13.6 Å². The Bertz CT molecular complexity index is 1070. The third kappa shape index (κ3) is 4.32. The van der Waals surface area contributed by atoms with Crippen molar-refractivity contribution in [1.29, 1.82) is 0 Å². The van der Waals surface area contributed by atoms with E-state index in [4.69, 9.17) is 0 Å². The largest absolute Gasteiger partial charge is 0.372 e. The standard InChI is InChI=1S/C22H27N7OS/c1-27-15-18-19(26-27)24-20(25-21(18)29-10-12-31-13-11-29)22(30)23-14-16-4-6-17(7-5-16)28-8-2-3-9-28/h4-7,15H,2-3,8-14H2,1H3,(H,23,30). The molecule has 1 amide bonds. The van der Waals surface area contributed by atoms with Gasteiger partial charge in [-0.3, -0.25) is 9.48 Å². The van der Waals surface area contributed by atoms with Crippen LogP contribution in [0.4, 0.5) is 11.5 Å². The van der Waals surface area contributed by atoms with Crippen LogP contribution >= 0.6 is 11.8 Å². The molecule has 0 spiro atoms. The van der Waals surface area contributed by atoms with Crippen LogP contribution in [0.25, 0.3) is 11.0 Å². The minimum atomic E-state index is -0.274. The molecule has 1 aromatic carbocycles. The van der Waals surface area contributed by atoms with Gasteiger partial charge in [0.25, 0.3) is 5.91 Å². The molecule has 1 N–H and O–H groups in total. The molecule has 2 aromatic heterocycles. The van der Waals surface area contributed by atoms with Crippen LogP contribution in [0, 0.1) is 0 Å². The molecule has 2 aliphatic heterocycles. The first-order valence-corrected chi connectivity index (χ1v) is 12.0. The smallest absolute Gasteiger partial charge is 0.289 e. The van der Waals surface area contributed by atoms with Gasteiger partial charge in [0.1, 0.15) is 5.82 Å². The number of benzene rings is 1. The lowest BCUT2D eigenvalue weighted by atomic mass is 10.2. The van der Waals surface area contributed by atoms with Gasteiger partial charge in [-0.25, -0.2) is 9.97 Å². The molecular weight excluding hydrogens is 410 g/mol. The van der Waals surface area contributed by atoms with Gasteiger partial charge in [-0.05, 0) is 30.5 Å². The maximum Gasteiger partial charge on any atom is 0.289 e. The van der Waals surface area contributed by atoms with E-state index in [1.165, 1.54) is 18.5 Å². The summed E-state index contributed by atoms with van der Waals surface area (Å²) in [5, 5.41) is 8.29. The third-order valence-corrected chi connectivity index (χ3v) is 6.79. The van der Waals surface area contributed by atoms with Crippen LogP contribution in [-0.4, -0.2) is 63.3 Å². The molecule has 3 aromatic rings. The minimum Gasteiger partial charge on any atom is -0.372 e. The number of carbonyl (C=O) groups excluding carboxylic acids is 1. The number of rotatable bonds is 5. The molecule has 2 fully saturated rings. The second-order valence-electron chi connectivity index (χ2n) is 8.05. The number of hydrogen-bond acceptors (Lipinski definition) is 7. The number of carbonyl (C=O) groups is 1. The van der Waals surface area contributed by atoms with Crippen LogP contribution < -0.4 is 15.1 Å². The lowest BCUT2D eigenvalue weighted by molar-refractivity contribution is 0.0941. The van der Waals surface area contributed by atoms with Crippen molar-refractivity contribution in [3.63, 3.8) is 0 Å². The number of amides is 1. The average molecular weight is 438 g/mol. The fourth-order valence-electron chi connectivity index (χ4n) is 4.18. The maximum absolute atomic E-state index is 12.9. The highest BCUT2D eigenvalue weighted by molar-refractivity contribution is 7.99. The molecule has 0 unspecified atom stereocenters. The van der Waals surface area contributed by atoms with Crippen LogP contribution in [0.1, 0.15) is 29.0 Å². The van der Waals surface area contributed by atoms with E-state index in [1.54, 1.807) is 4.68 Å². The van der Waals surface area contributed by atoms with E-state index in [2.05, 4.69) is 54.4 Å². The van der Waals surface area contributed by atoms with Crippen molar-refractivity contribution < 1.29 is 4.79 Å². The first-order valence-electron chi connectivity index (χ1n) is 10.8. The van der Waals surface area contributed by atoms with Gasteiger partial charge in [0.05, 0.1) is 5.39 Å². The summed E-state index contributed by atoms with van der Waals surface area (Å²) in [6.07, 6.45) is 4.45. The topological polar surface area (TPSA) is 79.2 Å². The number of thioether (sulfide) groups is 1. The van der Waals surface area contributed by atoms with Crippen molar-refractivity contribution >= 4 is 40.2 Å². The number of hydrogen-bond donors (Lipinski definition) is 1. The van der Waals surface area contributed by atoms with Gasteiger partial charge >= 0.3 is 0 Å². The van der Waals surface area contributed by atoms with E-state index in [0.717, 1.165) is 54.5 Å². The predicted molar refractivity (Wildman–Crippen MR) is 125 cm³/mol. The molecule has 2 saturated heterocycles. The third-order valence-electron chi connectivity index (χ3n) is 5.85. The van der Waals surface area contributed by atoms with E-state index in [-0.39, 0.29) is 11.7 Å². The number of aryl methyl sites for hydroxylation is 1. The number of nitrogens with zero attached hydrogens (tertiary/aromatic N) is 6. The van der Waals surface area contributed by atoms with Crippen LogP contribution in [0.5, 0.6) is 0 Å². The number of fused-ring (bicyclic) bond motifs is 1. The summed E-state index contributed by atoms with van der Waals surface area (Å²) in [5.74, 6) is 2.82. The lowest BCUT2D eigenvalue weighted by Gasteiger charge is -2.27. The van der Waals surface area contributed by atoms with Gasteiger partial charge < -0.3 is 15.1 Å². The van der Waals surface area contributed by atoms with E-state index in [9.17, 15) is 4.79 Å². The SMILES string of the molecule is Cn1cc2c(N3CCSCC3)nc(C(=O)NCc3ccc(N4CCCC4)cc3)nc2n1. The van der Waals surface area contributed by atoms with Gasteiger partial charge in [-0.2, -0.15) is 16.9 Å². The Morgan fingerprint density at radius 2 is 1.77 bits per heavy atom. The monoisotopic (exact) mass is 437 g/mol. The summed E-state index contributed by atoms with van der Waals surface area (Å²) < 4.78 is 1.73. The molecule has 0 atom stereocenters. The highest BCUT2D eigenvalue weighted by atomic mass is 32.2.